The quantitative estimate of drug-likeness (QED) is 0.335. The summed E-state index contributed by atoms with van der Waals surface area (Å²) in [6.07, 6.45) is 6.50. The first kappa shape index (κ1) is 19.3. The number of nitrogens with one attached hydrogen (secondary N) is 1. The van der Waals surface area contributed by atoms with E-state index in [2.05, 4.69) is 30.4 Å². The maximum Gasteiger partial charge on any atom is 0.343 e. The minimum atomic E-state index is -0.440. The van der Waals surface area contributed by atoms with Crippen molar-refractivity contribution in [1.29, 1.82) is 0 Å². The molecule has 156 valence electrons. The predicted octanol–water partition coefficient (Wildman–Crippen LogP) is 3.85. The first-order valence-electron chi connectivity index (χ1n) is 9.80. The van der Waals surface area contributed by atoms with Crippen molar-refractivity contribution in [3.05, 3.63) is 90.6 Å². The van der Waals surface area contributed by atoms with Crippen LogP contribution in [0, 0.1) is 6.92 Å². The zero-order valence-electron chi connectivity index (χ0n) is 17.0. The average Bonchev–Trinajstić information content (AvgIpc) is 3.26. The van der Waals surface area contributed by atoms with Crippen molar-refractivity contribution in [2.75, 3.05) is 5.32 Å². The van der Waals surface area contributed by atoms with Crippen molar-refractivity contribution in [1.82, 2.24) is 29.5 Å². The molecule has 0 atom stereocenters. The largest absolute Gasteiger partial charge is 0.423 e. The number of fused-ring (bicyclic) bond motifs is 1. The molecule has 0 radical (unpaired) electrons. The van der Waals surface area contributed by atoms with E-state index in [1.807, 2.05) is 37.3 Å². The van der Waals surface area contributed by atoms with E-state index in [9.17, 15) is 4.79 Å². The van der Waals surface area contributed by atoms with Gasteiger partial charge in [0.1, 0.15) is 11.6 Å². The number of aromatic nitrogens is 6. The van der Waals surface area contributed by atoms with Crippen LogP contribution < -0.4 is 10.1 Å². The average molecular weight is 423 g/mol. The number of benzene rings is 1. The Morgan fingerprint density at radius 2 is 1.78 bits per heavy atom. The molecule has 0 aliphatic carbocycles. The Hall–Kier alpha value is -4.66. The zero-order chi connectivity index (χ0) is 21.9. The van der Waals surface area contributed by atoms with Gasteiger partial charge in [0, 0.05) is 47.8 Å². The third-order valence-corrected chi connectivity index (χ3v) is 4.61. The number of nitrogens with zero attached hydrogens (tertiary/aromatic N) is 6. The number of pyridine rings is 2. The highest BCUT2D eigenvalue weighted by molar-refractivity contribution is 5.90. The third-order valence-electron chi connectivity index (χ3n) is 4.61. The van der Waals surface area contributed by atoms with Crippen LogP contribution >= 0.6 is 0 Å². The van der Waals surface area contributed by atoms with Crippen LogP contribution in [0.2, 0.25) is 0 Å². The summed E-state index contributed by atoms with van der Waals surface area (Å²) in [5.74, 6) is 1.72. The Kier molecular flexibility index (Phi) is 4.97. The molecule has 4 aromatic heterocycles. The van der Waals surface area contributed by atoms with Gasteiger partial charge in [0.25, 0.3) is 5.78 Å². The molecule has 1 aromatic carbocycles. The lowest BCUT2D eigenvalue weighted by Crippen LogP contribution is -2.08. The molecule has 5 aromatic rings. The highest BCUT2D eigenvalue weighted by atomic mass is 16.5. The van der Waals surface area contributed by atoms with E-state index in [-0.39, 0.29) is 0 Å². The fraction of sp³-hybridized carbons (Fsp3) is 0.0435. The fourth-order valence-corrected chi connectivity index (χ4v) is 3.10. The first-order chi connectivity index (χ1) is 15.7. The van der Waals surface area contributed by atoms with E-state index in [1.165, 1.54) is 0 Å². The van der Waals surface area contributed by atoms with Crippen molar-refractivity contribution < 1.29 is 9.53 Å². The van der Waals surface area contributed by atoms with Gasteiger partial charge in [-0.3, -0.25) is 9.97 Å². The second kappa shape index (κ2) is 8.23. The number of anilines is 2. The number of aryl methyl sites for hydroxylation is 1. The minimum absolute atomic E-state index is 0.437. The summed E-state index contributed by atoms with van der Waals surface area (Å²) in [4.78, 5) is 29.2. The molecule has 9 heteroatoms. The lowest BCUT2D eigenvalue weighted by atomic mass is 10.2. The van der Waals surface area contributed by atoms with Crippen molar-refractivity contribution in [3.8, 4) is 17.1 Å². The highest BCUT2D eigenvalue weighted by Crippen LogP contribution is 2.23. The van der Waals surface area contributed by atoms with Crippen molar-refractivity contribution in [3.63, 3.8) is 0 Å². The molecule has 32 heavy (non-hydrogen) atoms. The maximum absolute atomic E-state index is 12.2. The molecular formula is C23H17N7O2. The van der Waals surface area contributed by atoms with Gasteiger partial charge in [-0.15, -0.1) is 5.10 Å². The van der Waals surface area contributed by atoms with Crippen LogP contribution in [0.1, 0.15) is 16.1 Å². The van der Waals surface area contributed by atoms with Gasteiger partial charge in [0.05, 0.1) is 5.56 Å². The van der Waals surface area contributed by atoms with E-state index in [1.54, 1.807) is 53.6 Å². The van der Waals surface area contributed by atoms with Crippen molar-refractivity contribution in [2.45, 2.75) is 6.92 Å². The lowest BCUT2D eigenvalue weighted by Gasteiger charge is -2.10. The molecule has 5 rings (SSSR count). The number of esters is 1. The number of hydrogen-bond acceptors (Lipinski definition) is 8. The molecule has 0 aliphatic heterocycles. The second-order valence-corrected chi connectivity index (χ2v) is 6.95. The molecule has 0 saturated heterocycles. The Morgan fingerprint density at radius 1 is 0.969 bits per heavy atom. The highest BCUT2D eigenvalue weighted by Gasteiger charge is 2.12. The molecule has 9 nitrogen and oxygen atoms in total. The molecule has 0 unspecified atom stereocenters. The molecule has 0 aliphatic rings. The van der Waals surface area contributed by atoms with Gasteiger partial charge in [-0.25, -0.2) is 9.78 Å². The predicted molar refractivity (Wildman–Crippen MR) is 118 cm³/mol. The molecular weight excluding hydrogens is 406 g/mol. The first-order valence-corrected chi connectivity index (χ1v) is 9.80. The molecule has 0 fully saturated rings. The number of ether oxygens (including phenoxy) is 1. The van der Waals surface area contributed by atoms with Gasteiger partial charge in [0.2, 0.25) is 0 Å². The summed E-state index contributed by atoms with van der Waals surface area (Å²) in [5, 5.41) is 7.90. The number of carbonyl (C=O) groups is 1. The monoisotopic (exact) mass is 423 g/mol. The Morgan fingerprint density at radius 3 is 2.53 bits per heavy atom. The number of hydrogen-bond donors (Lipinski definition) is 1. The van der Waals surface area contributed by atoms with E-state index < -0.39 is 5.97 Å². The van der Waals surface area contributed by atoms with Gasteiger partial charge in [-0.1, -0.05) is 0 Å². The van der Waals surface area contributed by atoms with Crippen LogP contribution in [0.25, 0.3) is 17.2 Å². The summed E-state index contributed by atoms with van der Waals surface area (Å²) >= 11 is 0. The topological polar surface area (TPSA) is 107 Å². The molecule has 0 spiro atoms. The van der Waals surface area contributed by atoms with E-state index >= 15 is 0 Å². The SMILES string of the molecule is Cc1cc(Nc2ccc(OC(=O)c3ccncc3)cc2)n2nc(-c3cccnc3)nc2n1. The van der Waals surface area contributed by atoms with Crippen molar-refractivity contribution in [2.24, 2.45) is 0 Å². The van der Waals surface area contributed by atoms with Crippen LogP contribution in [-0.4, -0.2) is 35.5 Å². The Labute approximate surface area is 182 Å². The molecule has 0 bridgehead atoms. The summed E-state index contributed by atoms with van der Waals surface area (Å²) in [7, 11) is 0. The van der Waals surface area contributed by atoms with Crippen LogP contribution in [-0.2, 0) is 0 Å². The van der Waals surface area contributed by atoms with Gasteiger partial charge < -0.3 is 10.1 Å². The maximum atomic E-state index is 12.2. The Balaban J connectivity index is 1.38. The summed E-state index contributed by atoms with van der Waals surface area (Å²) in [5.41, 5.74) is 2.83. The molecule has 1 N–H and O–H groups in total. The lowest BCUT2D eigenvalue weighted by molar-refractivity contribution is 0.0734. The van der Waals surface area contributed by atoms with E-state index in [0.29, 0.717) is 28.7 Å². The van der Waals surface area contributed by atoms with Gasteiger partial charge in [-0.05, 0) is 55.5 Å². The standard InChI is InChI=1S/C23H17N7O2/c1-15-13-20(30-23(26-15)28-21(29-30)17-3-2-10-25-14-17)27-18-4-6-19(7-5-18)32-22(31)16-8-11-24-12-9-16/h2-14,27H,1H3. The minimum Gasteiger partial charge on any atom is -0.423 e. The Bertz CT molecular complexity index is 1390. The van der Waals surface area contributed by atoms with Crippen LogP contribution in [0.3, 0.4) is 0 Å². The second-order valence-electron chi connectivity index (χ2n) is 6.95. The zero-order valence-corrected chi connectivity index (χ0v) is 17.0. The van der Waals surface area contributed by atoms with E-state index in [4.69, 9.17) is 4.74 Å². The smallest absolute Gasteiger partial charge is 0.343 e. The molecule has 0 saturated carbocycles. The molecule has 0 amide bonds. The molecule has 4 heterocycles. The van der Waals surface area contributed by atoms with Gasteiger partial charge in [-0.2, -0.15) is 9.50 Å². The summed E-state index contributed by atoms with van der Waals surface area (Å²) < 4.78 is 7.05. The van der Waals surface area contributed by atoms with Crippen LogP contribution in [0.4, 0.5) is 11.5 Å². The fourth-order valence-electron chi connectivity index (χ4n) is 3.10. The van der Waals surface area contributed by atoms with Crippen LogP contribution in [0.5, 0.6) is 5.75 Å². The van der Waals surface area contributed by atoms with E-state index in [0.717, 1.165) is 16.9 Å². The summed E-state index contributed by atoms with van der Waals surface area (Å²) in [6, 6.07) is 15.9. The number of rotatable bonds is 5. The third kappa shape index (κ3) is 3.99. The van der Waals surface area contributed by atoms with Gasteiger partial charge in [0.15, 0.2) is 5.82 Å². The van der Waals surface area contributed by atoms with Crippen LogP contribution in [0.15, 0.2) is 79.4 Å². The van der Waals surface area contributed by atoms with Crippen molar-refractivity contribution >= 4 is 23.3 Å². The summed E-state index contributed by atoms with van der Waals surface area (Å²) in [6.45, 7) is 1.89. The number of carbonyl (C=O) groups excluding carboxylic acids is 1. The normalized spacial score (nSPS) is 10.8. The van der Waals surface area contributed by atoms with Gasteiger partial charge >= 0.3 is 5.97 Å².